The van der Waals surface area contributed by atoms with Gasteiger partial charge in [-0.3, -0.25) is 9.59 Å². The number of hydrogen-bond donors (Lipinski definition) is 1. The zero-order valence-corrected chi connectivity index (χ0v) is 24.4. The van der Waals surface area contributed by atoms with E-state index in [2.05, 4.69) is 79.2 Å². The summed E-state index contributed by atoms with van der Waals surface area (Å²) in [5.74, 6) is 0.594. The Hall–Kier alpha value is -2.66. The molecule has 0 bridgehead atoms. The topological polar surface area (TPSA) is 52.7 Å². The van der Waals surface area contributed by atoms with E-state index in [1.54, 1.807) is 0 Å². The number of amides is 2. The van der Waals surface area contributed by atoms with Crippen LogP contribution in [-0.4, -0.2) is 53.8 Å². The van der Waals surface area contributed by atoms with Crippen molar-refractivity contribution >= 4 is 11.8 Å². The van der Waals surface area contributed by atoms with Crippen LogP contribution in [0.5, 0.6) is 0 Å². The minimum absolute atomic E-state index is 0.0312. The Morgan fingerprint density at radius 1 is 0.872 bits per heavy atom. The van der Waals surface area contributed by atoms with Crippen molar-refractivity contribution < 1.29 is 9.59 Å². The summed E-state index contributed by atoms with van der Waals surface area (Å²) in [6.45, 7) is 12.0. The van der Waals surface area contributed by atoms with Crippen LogP contribution in [0.2, 0.25) is 0 Å². The summed E-state index contributed by atoms with van der Waals surface area (Å²) in [6.07, 6.45) is 6.54. The lowest BCUT2D eigenvalue weighted by Gasteiger charge is -2.47. The van der Waals surface area contributed by atoms with Crippen molar-refractivity contribution in [1.29, 1.82) is 0 Å². The molecule has 0 radical (unpaired) electrons. The molecule has 2 aromatic carbocycles. The average Bonchev–Trinajstić information content (AvgIpc) is 3.48. The standard InChI is InChI=1S/C34H47N3O2/c1-25-12-14-27(15-13-25)26(2)35-29-16-17-30(33(3,4)24-29)31(38)36-22-18-34(19-23-36,28-10-6-5-7-11-28)32(39)37-20-8-9-21-37/h5-7,10-15,26,29-30,35H,8-9,16-24H2,1-4H3/t26-,29-,30+/m1/s1. The third-order valence-corrected chi connectivity index (χ3v) is 9.94. The first-order valence-electron chi connectivity index (χ1n) is 15.2. The lowest BCUT2D eigenvalue weighted by Crippen LogP contribution is -2.55. The van der Waals surface area contributed by atoms with Gasteiger partial charge in [0.15, 0.2) is 0 Å². The molecule has 5 rings (SSSR count). The number of aryl methyl sites for hydroxylation is 1. The van der Waals surface area contributed by atoms with E-state index in [-0.39, 0.29) is 17.2 Å². The molecule has 1 aliphatic carbocycles. The molecule has 39 heavy (non-hydrogen) atoms. The number of nitrogens with zero attached hydrogens (tertiary/aromatic N) is 2. The van der Waals surface area contributed by atoms with Crippen molar-refractivity contribution in [1.82, 2.24) is 15.1 Å². The predicted octanol–water partition coefficient (Wildman–Crippen LogP) is 6.02. The quantitative estimate of drug-likeness (QED) is 0.498. The summed E-state index contributed by atoms with van der Waals surface area (Å²) < 4.78 is 0. The molecule has 0 aromatic heterocycles. The van der Waals surface area contributed by atoms with Crippen LogP contribution < -0.4 is 5.32 Å². The number of piperidine rings is 1. The van der Waals surface area contributed by atoms with Gasteiger partial charge in [-0.1, -0.05) is 74.0 Å². The van der Waals surface area contributed by atoms with E-state index in [0.717, 1.165) is 50.8 Å². The highest BCUT2D eigenvalue weighted by Crippen LogP contribution is 2.44. The lowest BCUT2D eigenvalue weighted by molar-refractivity contribution is -0.147. The van der Waals surface area contributed by atoms with Gasteiger partial charge in [-0.15, -0.1) is 0 Å². The maximum absolute atomic E-state index is 13.9. The van der Waals surface area contributed by atoms with Crippen LogP contribution in [0.4, 0.5) is 0 Å². The third-order valence-electron chi connectivity index (χ3n) is 9.94. The summed E-state index contributed by atoms with van der Waals surface area (Å²) in [5.41, 5.74) is 3.13. The second kappa shape index (κ2) is 11.4. The molecule has 1 saturated carbocycles. The van der Waals surface area contributed by atoms with Crippen molar-refractivity contribution in [3.63, 3.8) is 0 Å². The van der Waals surface area contributed by atoms with Gasteiger partial charge in [0, 0.05) is 44.2 Å². The minimum atomic E-state index is -0.508. The number of carbonyl (C=O) groups excluding carboxylic acids is 2. The van der Waals surface area contributed by atoms with Crippen molar-refractivity contribution in [2.75, 3.05) is 26.2 Å². The summed E-state index contributed by atoms with van der Waals surface area (Å²) in [4.78, 5) is 31.9. The monoisotopic (exact) mass is 529 g/mol. The fourth-order valence-electron chi connectivity index (χ4n) is 7.48. The first-order chi connectivity index (χ1) is 18.7. The molecular formula is C34H47N3O2. The first-order valence-corrected chi connectivity index (χ1v) is 15.2. The van der Waals surface area contributed by atoms with E-state index >= 15 is 0 Å². The van der Waals surface area contributed by atoms with Crippen LogP contribution in [0.15, 0.2) is 54.6 Å². The highest BCUT2D eigenvalue weighted by molar-refractivity contribution is 5.89. The van der Waals surface area contributed by atoms with E-state index in [4.69, 9.17) is 0 Å². The number of carbonyl (C=O) groups is 2. The largest absolute Gasteiger partial charge is 0.342 e. The Morgan fingerprint density at radius 3 is 2.13 bits per heavy atom. The highest BCUT2D eigenvalue weighted by Gasteiger charge is 2.48. The van der Waals surface area contributed by atoms with Crippen LogP contribution in [0.1, 0.15) is 88.4 Å². The van der Waals surface area contributed by atoms with E-state index < -0.39 is 5.41 Å². The molecule has 2 aromatic rings. The Bertz CT molecular complexity index is 1130. The molecule has 1 N–H and O–H groups in total. The van der Waals surface area contributed by atoms with E-state index in [0.29, 0.717) is 43.9 Å². The second-order valence-electron chi connectivity index (χ2n) is 13.1. The average molecular weight is 530 g/mol. The summed E-state index contributed by atoms with van der Waals surface area (Å²) in [7, 11) is 0. The second-order valence-corrected chi connectivity index (χ2v) is 13.1. The van der Waals surface area contributed by atoms with Crippen LogP contribution in [0.25, 0.3) is 0 Å². The van der Waals surface area contributed by atoms with E-state index in [9.17, 15) is 9.59 Å². The number of hydrogen-bond acceptors (Lipinski definition) is 3. The fraction of sp³-hybridized carbons (Fsp3) is 0.588. The Labute approximate surface area is 235 Å². The predicted molar refractivity (Wildman–Crippen MR) is 157 cm³/mol. The molecule has 2 amide bonds. The molecule has 2 heterocycles. The van der Waals surface area contributed by atoms with Crippen LogP contribution in [0.3, 0.4) is 0 Å². The van der Waals surface area contributed by atoms with Gasteiger partial charge in [-0.25, -0.2) is 0 Å². The van der Waals surface area contributed by atoms with Gasteiger partial charge in [0.2, 0.25) is 11.8 Å². The smallest absolute Gasteiger partial charge is 0.233 e. The van der Waals surface area contributed by atoms with Crippen LogP contribution in [0, 0.1) is 18.3 Å². The maximum Gasteiger partial charge on any atom is 0.233 e. The number of rotatable bonds is 6. The van der Waals surface area contributed by atoms with Crippen LogP contribution >= 0.6 is 0 Å². The van der Waals surface area contributed by atoms with Gasteiger partial charge in [0.25, 0.3) is 0 Å². The normalized spacial score (nSPS) is 25.3. The zero-order valence-electron chi connectivity index (χ0n) is 24.4. The Kier molecular flexibility index (Phi) is 8.19. The van der Waals surface area contributed by atoms with E-state index in [1.165, 1.54) is 11.1 Å². The molecule has 0 spiro atoms. The molecule has 2 aliphatic heterocycles. The number of likely N-dealkylation sites (tertiary alicyclic amines) is 2. The van der Waals surface area contributed by atoms with Gasteiger partial charge in [-0.2, -0.15) is 0 Å². The number of nitrogens with one attached hydrogen (secondary N) is 1. The molecule has 0 unspecified atom stereocenters. The third kappa shape index (κ3) is 5.79. The zero-order chi connectivity index (χ0) is 27.6. The molecule has 210 valence electrons. The first kappa shape index (κ1) is 27.9. The van der Waals surface area contributed by atoms with Crippen molar-refractivity contribution in [2.45, 2.75) is 90.1 Å². The van der Waals surface area contributed by atoms with Gasteiger partial charge >= 0.3 is 0 Å². The molecule has 3 aliphatic rings. The number of benzene rings is 2. The van der Waals surface area contributed by atoms with Crippen molar-refractivity contribution in [2.24, 2.45) is 11.3 Å². The highest BCUT2D eigenvalue weighted by atomic mass is 16.2. The van der Waals surface area contributed by atoms with Gasteiger partial charge in [0.1, 0.15) is 0 Å². The summed E-state index contributed by atoms with van der Waals surface area (Å²) in [6, 6.07) is 19.8. The SMILES string of the molecule is Cc1ccc([C@@H](C)N[C@@H]2CC[C@@H](C(=O)N3CCC(C(=O)N4CCCC4)(c4ccccc4)CC3)C(C)(C)C2)cc1. The van der Waals surface area contributed by atoms with Crippen molar-refractivity contribution in [3.05, 3.63) is 71.3 Å². The van der Waals surface area contributed by atoms with Gasteiger partial charge < -0.3 is 15.1 Å². The molecule has 5 nitrogen and oxygen atoms in total. The van der Waals surface area contributed by atoms with Crippen molar-refractivity contribution in [3.8, 4) is 0 Å². The molecule has 3 atom stereocenters. The fourth-order valence-corrected chi connectivity index (χ4v) is 7.48. The van der Waals surface area contributed by atoms with Gasteiger partial charge in [-0.05, 0) is 75.3 Å². The summed E-state index contributed by atoms with van der Waals surface area (Å²) >= 11 is 0. The molecule has 2 saturated heterocycles. The summed E-state index contributed by atoms with van der Waals surface area (Å²) in [5, 5.41) is 3.85. The van der Waals surface area contributed by atoms with Crippen LogP contribution in [-0.2, 0) is 15.0 Å². The van der Waals surface area contributed by atoms with Gasteiger partial charge in [0.05, 0.1) is 5.41 Å². The lowest BCUT2D eigenvalue weighted by atomic mass is 9.66. The van der Waals surface area contributed by atoms with E-state index in [1.807, 2.05) is 18.2 Å². The Morgan fingerprint density at radius 2 is 1.51 bits per heavy atom. The Balaban J connectivity index is 1.23. The molecular weight excluding hydrogens is 482 g/mol. The minimum Gasteiger partial charge on any atom is -0.342 e. The molecule has 5 heteroatoms. The maximum atomic E-state index is 13.9. The molecule has 3 fully saturated rings.